The van der Waals surface area contributed by atoms with Crippen molar-refractivity contribution in [1.29, 1.82) is 0 Å². The third kappa shape index (κ3) is 3.49. The predicted octanol–water partition coefficient (Wildman–Crippen LogP) is 1.47. The predicted molar refractivity (Wildman–Crippen MR) is 54.1 cm³/mol. The van der Waals surface area contributed by atoms with Crippen LogP contribution in [-0.2, 0) is 6.61 Å². The molecule has 2 N–H and O–H groups in total. The molecule has 4 heteroatoms. The highest BCUT2D eigenvalue weighted by molar-refractivity contribution is 5.34. The van der Waals surface area contributed by atoms with Gasteiger partial charge in [-0.1, -0.05) is 12.1 Å². The first-order valence-electron chi connectivity index (χ1n) is 4.84. The maximum Gasteiger partial charge on any atom is 0.165 e. The van der Waals surface area contributed by atoms with E-state index in [4.69, 9.17) is 14.9 Å². The van der Waals surface area contributed by atoms with Gasteiger partial charge in [0.1, 0.15) is 0 Å². The van der Waals surface area contributed by atoms with Gasteiger partial charge in [0, 0.05) is 12.0 Å². The second-order valence-corrected chi connectivity index (χ2v) is 3.37. The number of hydrogen-bond acceptors (Lipinski definition) is 3. The number of para-hydroxylation sites is 1. The summed E-state index contributed by atoms with van der Waals surface area (Å²) in [6, 6.07) is 4.39. The highest BCUT2D eigenvalue weighted by Crippen LogP contribution is 2.22. The molecule has 1 aromatic carbocycles. The number of benzene rings is 1. The SMILES string of the molecule is CC(O)CCOc1c(F)cccc1CO. The van der Waals surface area contributed by atoms with Crippen LogP contribution in [0.2, 0.25) is 0 Å². The minimum absolute atomic E-state index is 0.0700. The molecule has 0 saturated heterocycles. The van der Waals surface area contributed by atoms with E-state index < -0.39 is 11.9 Å². The summed E-state index contributed by atoms with van der Waals surface area (Å²) in [5, 5.41) is 18.0. The Kier molecular flexibility index (Phi) is 4.52. The Morgan fingerprint density at radius 1 is 1.47 bits per heavy atom. The molecule has 3 nitrogen and oxygen atoms in total. The van der Waals surface area contributed by atoms with Crippen LogP contribution in [0.1, 0.15) is 18.9 Å². The number of aliphatic hydroxyl groups is 2. The fourth-order valence-corrected chi connectivity index (χ4v) is 1.17. The van der Waals surface area contributed by atoms with E-state index in [1.165, 1.54) is 12.1 Å². The van der Waals surface area contributed by atoms with Crippen LogP contribution < -0.4 is 4.74 Å². The van der Waals surface area contributed by atoms with Gasteiger partial charge in [-0.2, -0.15) is 0 Å². The van der Waals surface area contributed by atoms with Crippen LogP contribution in [0.25, 0.3) is 0 Å². The van der Waals surface area contributed by atoms with Crippen molar-refractivity contribution in [3.63, 3.8) is 0 Å². The zero-order valence-electron chi connectivity index (χ0n) is 8.61. The van der Waals surface area contributed by atoms with Crippen LogP contribution in [0.15, 0.2) is 18.2 Å². The topological polar surface area (TPSA) is 49.7 Å². The summed E-state index contributed by atoms with van der Waals surface area (Å²) in [4.78, 5) is 0. The van der Waals surface area contributed by atoms with Crippen molar-refractivity contribution >= 4 is 0 Å². The number of halogens is 1. The smallest absolute Gasteiger partial charge is 0.165 e. The molecule has 0 bridgehead atoms. The second-order valence-electron chi connectivity index (χ2n) is 3.37. The molecule has 0 saturated carbocycles. The zero-order chi connectivity index (χ0) is 11.3. The molecule has 1 aromatic rings. The van der Waals surface area contributed by atoms with Gasteiger partial charge in [-0.25, -0.2) is 4.39 Å². The van der Waals surface area contributed by atoms with Gasteiger partial charge < -0.3 is 14.9 Å². The number of rotatable bonds is 5. The lowest BCUT2D eigenvalue weighted by molar-refractivity contribution is 0.152. The van der Waals surface area contributed by atoms with Gasteiger partial charge in [0.2, 0.25) is 0 Å². The van der Waals surface area contributed by atoms with Crippen LogP contribution in [0.4, 0.5) is 4.39 Å². The van der Waals surface area contributed by atoms with E-state index in [1.807, 2.05) is 0 Å². The van der Waals surface area contributed by atoms with Crippen molar-refractivity contribution in [2.75, 3.05) is 6.61 Å². The van der Waals surface area contributed by atoms with E-state index in [2.05, 4.69) is 0 Å². The van der Waals surface area contributed by atoms with Gasteiger partial charge in [0.05, 0.1) is 19.3 Å². The van der Waals surface area contributed by atoms with Crippen molar-refractivity contribution in [2.24, 2.45) is 0 Å². The standard InChI is InChI=1S/C11H15FO3/c1-8(14)5-6-15-11-9(7-13)3-2-4-10(11)12/h2-4,8,13-14H,5-7H2,1H3. The molecule has 0 aliphatic heterocycles. The lowest BCUT2D eigenvalue weighted by atomic mass is 10.2. The van der Waals surface area contributed by atoms with E-state index in [0.717, 1.165) is 0 Å². The molecule has 84 valence electrons. The normalized spacial score (nSPS) is 12.5. The highest BCUT2D eigenvalue weighted by atomic mass is 19.1. The lowest BCUT2D eigenvalue weighted by Gasteiger charge is -2.11. The Bertz CT molecular complexity index is 313. The molecule has 0 aliphatic rings. The van der Waals surface area contributed by atoms with E-state index in [1.54, 1.807) is 13.0 Å². The minimum Gasteiger partial charge on any atom is -0.490 e. The van der Waals surface area contributed by atoms with Gasteiger partial charge in [0.15, 0.2) is 11.6 Å². The summed E-state index contributed by atoms with van der Waals surface area (Å²) in [6.45, 7) is 1.60. The molecule has 0 heterocycles. The van der Waals surface area contributed by atoms with E-state index >= 15 is 0 Å². The van der Waals surface area contributed by atoms with E-state index in [9.17, 15) is 4.39 Å². The lowest BCUT2D eigenvalue weighted by Crippen LogP contribution is -2.09. The molecule has 0 amide bonds. The molecule has 0 fully saturated rings. The number of ether oxygens (including phenoxy) is 1. The molecular weight excluding hydrogens is 199 g/mol. The number of aliphatic hydroxyl groups excluding tert-OH is 2. The average Bonchev–Trinajstić information content (AvgIpc) is 2.20. The molecule has 1 unspecified atom stereocenters. The van der Waals surface area contributed by atoms with Crippen molar-refractivity contribution in [1.82, 2.24) is 0 Å². The molecule has 0 aliphatic carbocycles. The molecule has 0 aromatic heterocycles. The highest BCUT2D eigenvalue weighted by Gasteiger charge is 2.09. The van der Waals surface area contributed by atoms with Crippen molar-refractivity contribution in [3.05, 3.63) is 29.6 Å². The van der Waals surface area contributed by atoms with Gasteiger partial charge in [0.25, 0.3) is 0 Å². The van der Waals surface area contributed by atoms with Gasteiger partial charge in [-0.05, 0) is 13.0 Å². The Morgan fingerprint density at radius 3 is 2.80 bits per heavy atom. The van der Waals surface area contributed by atoms with Gasteiger partial charge in [-0.15, -0.1) is 0 Å². The van der Waals surface area contributed by atoms with E-state index in [0.29, 0.717) is 12.0 Å². The van der Waals surface area contributed by atoms with Crippen LogP contribution in [0, 0.1) is 5.82 Å². The minimum atomic E-state index is -0.493. The molecular formula is C11H15FO3. The summed E-state index contributed by atoms with van der Waals surface area (Å²) < 4.78 is 18.4. The molecule has 15 heavy (non-hydrogen) atoms. The van der Waals surface area contributed by atoms with Crippen LogP contribution >= 0.6 is 0 Å². The Morgan fingerprint density at radius 2 is 2.20 bits per heavy atom. The first-order chi connectivity index (χ1) is 7.15. The summed E-state index contributed by atoms with van der Waals surface area (Å²) >= 11 is 0. The van der Waals surface area contributed by atoms with Crippen LogP contribution in [0.5, 0.6) is 5.75 Å². The third-order valence-corrected chi connectivity index (χ3v) is 2.00. The van der Waals surface area contributed by atoms with Crippen molar-refractivity contribution in [2.45, 2.75) is 26.1 Å². The molecule has 1 rings (SSSR count). The Balaban J connectivity index is 2.66. The second kappa shape index (κ2) is 5.68. The summed E-state index contributed by atoms with van der Waals surface area (Å²) in [6.07, 6.45) is -0.0477. The third-order valence-electron chi connectivity index (χ3n) is 2.00. The summed E-state index contributed by atoms with van der Waals surface area (Å²) in [7, 11) is 0. The fraction of sp³-hybridized carbons (Fsp3) is 0.455. The largest absolute Gasteiger partial charge is 0.490 e. The Hall–Kier alpha value is -1.13. The molecule has 0 spiro atoms. The van der Waals surface area contributed by atoms with Gasteiger partial charge >= 0.3 is 0 Å². The van der Waals surface area contributed by atoms with E-state index in [-0.39, 0.29) is 19.0 Å². The first-order valence-corrected chi connectivity index (χ1v) is 4.84. The Labute approximate surface area is 88.1 Å². The zero-order valence-corrected chi connectivity index (χ0v) is 8.61. The summed E-state index contributed by atoms with van der Waals surface area (Å²) in [5.41, 5.74) is 0.417. The maximum absolute atomic E-state index is 13.3. The monoisotopic (exact) mass is 214 g/mol. The van der Waals surface area contributed by atoms with Crippen molar-refractivity contribution in [3.8, 4) is 5.75 Å². The average molecular weight is 214 g/mol. The number of hydrogen-bond donors (Lipinski definition) is 2. The fourth-order valence-electron chi connectivity index (χ4n) is 1.17. The van der Waals surface area contributed by atoms with Crippen LogP contribution in [0.3, 0.4) is 0 Å². The first kappa shape index (κ1) is 11.9. The summed E-state index contributed by atoms with van der Waals surface area (Å²) in [5.74, 6) is -0.423. The molecule has 1 atom stereocenters. The van der Waals surface area contributed by atoms with Crippen molar-refractivity contribution < 1.29 is 19.3 Å². The maximum atomic E-state index is 13.3. The van der Waals surface area contributed by atoms with Gasteiger partial charge in [-0.3, -0.25) is 0 Å². The molecule has 0 radical (unpaired) electrons. The quantitative estimate of drug-likeness (QED) is 0.780. The van der Waals surface area contributed by atoms with Crippen LogP contribution in [-0.4, -0.2) is 22.9 Å².